The second kappa shape index (κ2) is 9.00. The topological polar surface area (TPSA) is 62.3 Å². The summed E-state index contributed by atoms with van der Waals surface area (Å²) in [7, 11) is 0. The number of hydrogen-bond acceptors (Lipinski definition) is 5. The predicted molar refractivity (Wildman–Crippen MR) is 97.4 cm³/mol. The molecule has 7 heteroatoms. The fraction of sp³-hybridized carbons (Fsp3) is 0.579. The van der Waals surface area contributed by atoms with Crippen LogP contribution in [-0.4, -0.2) is 92.1 Å². The van der Waals surface area contributed by atoms with Crippen LogP contribution in [0.4, 0.5) is 0 Å². The SMILES string of the molecule is CCOc1ccc(C(=O)N2CCN(C(=O)CN3CCOCC3)CC2)cc1. The molecule has 2 amide bonds. The Labute approximate surface area is 154 Å². The molecule has 0 saturated carbocycles. The molecule has 3 rings (SSSR count). The van der Waals surface area contributed by atoms with E-state index in [9.17, 15) is 9.59 Å². The van der Waals surface area contributed by atoms with E-state index in [0.717, 1.165) is 18.8 Å². The number of ether oxygens (including phenoxy) is 2. The molecule has 2 aliphatic heterocycles. The van der Waals surface area contributed by atoms with E-state index in [-0.39, 0.29) is 11.8 Å². The summed E-state index contributed by atoms with van der Waals surface area (Å²) in [6, 6.07) is 7.23. The average molecular weight is 361 g/mol. The number of rotatable bonds is 5. The monoisotopic (exact) mass is 361 g/mol. The molecule has 2 aliphatic rings. The van der Waals surface area contributed by atoms with Crippen molar-refractivity contribution in [2.24, 2.45) is 0 Å². The smallest absolute Gasteiger partial charge is 0.253 e. The summed E-state index contributed by atoms with van der Waals surface area (Å²) in [5.41, 5.74) is 0.654. The largest absolute Gasteiger partial charge is 0.494 e. The minimum absolute atomic E-state index is 0.00771. The summed E-state index contributed by atoms with van der Waals surface area (Å²) in [6.45, 7) is 8.29. The summed E-state index contributed by atoms with van der Waals surface area (Å²) >= 11 is 0. The van der Waals surface area contributed by atoms with Crippen LogP contribution >= 0.6 is 0 Å². The predicted octanol–water partition coefficient (Wildman–Crippen LogP) is 0.702. The lowest BCUT2D eigenvalue weighted by Gasteiger charge is -2.36. The summed E-state index contributed by atoms with van der Waals surface area (Å²) in [5.74, 6) is 0.913. The van der Waals surface area contributed by atoms with Crippen molar-refractivity contribution in [1.82, 2.24) is 14.7 Å². The third-order valence-electron chi connectivity index (χ3n) is 4.79. The highest BCUT2D eigenvalue weighted by molar-refractivity contribution is 5.94. The zero-order valence-electron chi connectivity index (χ0n) is 15.4. The highest BCUT2D eigenvalue weighted by atomic mass is 16.5. The second-order valence-corrected chi connectivity index (χ2v) is 6.52. The second-order valence-electron chi connectivity index (χ2n) is 6.52. The van der Waals surface area contributed by atoms with E-state index in [2.05, 4.69) is 4.90 Å². The van der Waals surface area contributed by atoms with Gasteiger partial charge in [-0.3, -0.25) is 14.5 Å². The Bertz CT molecular complexity index is 606. The quantitative estimate of drug-likeness (QED) is 0.773. The lowest BCUT2D eigenvalue weighted by Crippen LogP contribution is -2.53. The van der Waals surface area contributed by atoms with E-state index in [1.807, 2.05) is 28.9 Å². The van der Waals surface area contributed by atoms with Crippen LogP contribution < -0.4 is 4.74 Å². The van der Waals surface area contributed by atoms with Crippen molar-refractivity contribution < 1.29 is 19.1 Å². The van der Waals surface area contributed by atoms with Gasteiger partial charge < -0.3 is 19.3 Å². The minimum Gasteiger partial charge on any atom is -0.494 e. The molecule has 2 heterocycles. The lowest BCUT2D eigenvalue weighted by atomic mass is 10.1. The first-order valence-electron chi connectivity index (χ1n) is 9.27. The van der Waals surface area contributed by atoms with Gasteiger partial charge in [0.25, 0.3) is 5.91 Å². The van der Waals surface area contributed by atoms with Gasteiger partial charge in [0.2, 0.25) is 5.91 Å². The standard InChI is InChI=1S/C19H27N3O4/c1-2-26-17-5-3-16(4-6-17)19(24)22-9-7-21(8-10-22)18(23)15-20-11-13-25-14-12-20/h3-6H,2,7-15H2,1H3. The van der Waals surface area contributed by atoms with Gasteiger partial charge in [0.1, 0.15) is 5.75 Å². The minimum atomic E-state index is 0.00771. The number of nitrogens with zero attached hydrogens (tertiary/aromatic N) is 3. The molecule has 2 fully saturated rings. The zero-order chi connectivity index (χ0) is 18.4. The Balaban J connectivity index is 1.47. The van der Waals surface area contributed by atoms with E-state index in [1.165, 1.54) is 0 Å². The van der Waals surface area contributed by atoms with Gasteiger partial charge in [-0.2, -0.15) is 0 Å². The first-order chi connectivity index (χ1) is 12.7. The molecule has 0 aliphatic carbocycles. The summed E-state index contributed by atoms with van der Waals surface area (Å²) < 4.78 is 10.7. The van der Waals surface area contributed by atoms with Gasteiger partial charge in [0.15, 0.2) is 0 Å². The maximum absolute atomic E-state index is 12.6. The molecule has 7 nitrogen and oxygen atoms in total. The van der Waals surface area contributed by atoms with Crippen molar-refractivity contribution in [1.29, 1.82) is 0 Å². The molecule has 0 atom stereocenters. The van der Waals surface area contributed by atoms with Crippen LogP contribution in [0.3, 0.4) is 0 Å². The van der Waals surface area contributed by atoms with Crippen LogP contribution in [-0.2, 0) is 9.53 Å². The van der Waals surface area contributed by atoms with Gasteiger partial charge in [0.05, 0.1) is 26.4 Å². The van der Waals surface area contributed by atoms with E-state index >= 15 is 0 Å². The van der Waals surface area contributed by atoms with Gasteiger partial charge in [-0.25, -0.2) is 0 Å². The van der Waals surface area contributed by atoms with Gasteiger partial charge in [-0.1, -0.05) is 0 Å². The van der Waals surface area contributed by atoms with Gasteiger partial charge in [-0.05, 0) is 31.2 Å². The van der Waals surface area contributed by atoms with Crippen molar-refractivity contribution in [3.63, 3.8) is 0 Å². The molecule has 0 radical (unpaired) electrons. The molecule has 1 aromatic carbocycles. The first kappa shape index (κ1) is 18.7. The van der Waals surface area contributed by atoms with Gasteiger partial charge >= 0.3 is 0 Å². The zero-order valence-corrected chi connectivity index (χ0v) is 15.4. The molecule has 0 aromatic heterocycles. The molecule has 142 valence electrons. The molecular weight excluding hydrogens is 334 g/mol. The maximum atomic E-state index is 12.6. The molecule has 0 bridgehead atoms. The third-order valence-corrected chi connectivity index (χ3v) is 4.79. The van der Waals surface area contributed by atoms with Crippen molar-refractivity contribution in [2.75, 3.05) is 65.6 Å². The Kier molecular flexibility index (Phi) is 6.46. The van der Waals surface area contributed by atoms with Crippen LogP contribution in [0.1, 0.15) is 17.3 Å². The van der Waals surface area contributed by atoms with Crippen LogP contribution in [0.25, 0.3) is 0 Å². The van der Waals surface area contributed by atoms with Gasteiger partial charge in [0, 0.05) is 44.8 Å². The fourth-order valence-electron chi connectivity index (χ4n) is 3.25. The summed E-state index contributed by atoms with van der Waals surface area (Å²) in [4.78, 5) is 30.9. The molecule has 0 N–H and O–H groups in total. The maximum Gasteiger partial charge on any atom is 0.253 e. The molecular formula is C19H27N3O4. The number of carbonyl (C=O) groups is 2. The highest BCUT2D eigenvalue weighted by Gasteiger charge is 2.26. The number of amides is 2. The third kappa shape index (κ3) is 4.74. The molecule has 1 aromatic rings. The van der Waals surface area contributed by atoms with Crippen molar-refractivity contribution in [3.05, 3.63) is 29.8 Å². The van der Waals surface area contributed by atoms with Crippen molar-refractivity contribution >= 4 is 11.8 Å². The number of morpholine rings is 1. The normalized spacial score (nSPS) is 18.7. The average Bonchev–Trinajstić information content (AvgIpc) is 2.69. The van der Waals surface area contributed by atoms with Crippen LogP contribution in [0.2, 0.25) is 0 Å². The Morgan fingerprint density at radius 1 is 0.962 bits per heavy atom. The van der Waals surface area contributed by atoms with Gasteiger partial charge in [-0.15, -0.1) is 0 Å². The number of benzene rings is 1. The lowest BCUT2D eigenvalue weighted by molar-refractivity contribution is -0.134. The van der Waals surface area contributed by atoms with E-state index in [4.69, 9.17) is 9.47 Å². The number of piperazine rings is 1. The fourth-order valence-corrected chi connectivity index (χ4v) is 3.25. The highest BCUT2D eigenvalue weighted by Crippen LogP contribution is 2.15. The van der Waals surface area contributed by atoms with Crippen LogP contribution in [0, 0.1) is 0 Å². The molecule has 0 spiro atoms. The molecule has 2 saturated heterocycles. The van der Waals surface area contributed by atoms with E-state index in [1.54, 1.807) is 12.1 Å². The van der Waals surface area contributed by atoms with Crippen LogP contribution in [0.5, 0.6) is 5.75 Å². The number of hydrogen-bond donors (Lipinski definition) is 0. The van der Waals surface area contributed by atoms with E-state index < -0.39 is 0 Å². The van der Waals surface area contributed by atoms with E-state index in [0.29, 0.717) is 58.1 Å². The summed E-state index contributed by atoms with van der Waals surface area (Å²) in [5, 5.41) is 0. The number of carbonyl (C=O) groups excluding carboxylic acids is 2. The Morgan fingerprint density at radius 2 is 1.58 bits per heavy atom. The Morgan fingerprint density at radius 3 is 2.19 bits per heavy atom. The molecule has 0 unspecified atom stereocenters. The molecule has 26 heavy (non-hydrogen) atoms. The first-order valence-corrected chi connectivity index (χ1v) is 9.27. The van der Waals surface area contributed by atoms with Crippen LogP contribution in [0.15, 0.2) is 24.3 Å². The van der Waals surface area contributed by atoms with Crippen molar-refractivity contribution in [2.45, 2.75) is 6.92 Å². The summed E-state index contributed by atoms with van der Waals surface area (Å²) in [6.07, 6.45) is 0. The van der Waals surface area contributed by atoms with Crippen molar-refractivity contribution in [3.8, 4) is 5.75 Å². The Hall–Kier alpha value is -2.12.